The number of nitrogens with zero attached hydrogens (tertiary/aromatic N) is 2. The zero-order valence-electron chi connectivity index (χ0n) is 47.0. The third kappa shape index (κ3) is 42.0. The number of hydrogen-bond donors (Lipinski definition) is 0. The van der Waals surface area contributed by atoms with Crippen LogP contribution in [0, 0.1) is 11.8 Å². The predicted octanol–water partition coefficient (Wildman–Crippen LogP) is 15.6. The summed E-state index contributed by atoms with van der Waals surface area (Å²) in [4.78, 5) is 56.2. The van der Waals surface area contributed by atoms with Gasteiger partial charge in [-0.2, -0.15) is 0 Å². The van der Waals surface area contributed by atoms with E-state index in [0.29, 0.717) is 83.2 Å². The predicted molar refractivity (Wildman–Crippen MR) is 287 cm³/mol. The van der Waals surface area contributed by atoms with Gasteiger partial charge < -0.3 is 33.3 Å². The lowest BCUT2D eigenvalue weighted by atomic mass is 9.96. The van der Waals surface area contributed by atoms with Crippen LogP contribution >= 0.6 is 0 Å². The molecule has 2 unspecified atom stereocenters. The Bertz CT molecular complexity index is 1100. The third-order valence-electron chi connectivity index (χ3n) is 13.8. The molecule has 0 aliphatic carbocycles. The van der Waals surface area contributed by atoms with Gasteiger partial charge in [-0.15, -0.1) is 0 Å². The number of ether oxygens (including phenoxy) is 6. The number of unbranched alkanes of at least 4 members (excludes halogenated alkanes) is 14. The van der Waals surface area contributed by atoms with Crippen molar-refractivity contribution < 1.29 is 47.6 Å². The zero-order chi connectivity index (χ0) is 51.7. The molecule has 0 spiro atoms. The van der Waals surface area contributed by atoms with E-state index >= 15 is 0 Å². The average molecular weight is 998 g/mol. The Morgan fingerprint density at radius 3 is 1.00 bits per heavy atom. The minimum absolute atomic E-state index is 0.134. The van der Waals surface area contributed by atoms with Gasteiger partial charge in [0.25, 0.3) is 0 Å². The molecule has 414 valence electrons. The molecule has 70 heavy (non-hydrogen) atoms. The van der Waals surface area contributed by atoms with Gasteiger partial charge >= 0.3 is 24.2 Å². The molecule has 0 N–H and O–H groups in total. The van der Waals surface area contributed by atoms with Gasteiger partial charge in [0, 0.05) is 39.0 Å². The molecule has 0 fully saturated rings. The van der Waals surface area contributed by atoms with Crippen molar-refractivity contribution in [2.75, 3.05) is 65.7 Å². The molecule has 0 aromatic rings. The summed E-state index contributed by atoms with van der Waals surface area (Å²) < 4.78 is 34.6. The number of carbonyl (C=O) groups excluding carboxylic acids is 4. The van der Waals surface area contributed by atoms with Crippen molar-refractivity contribution in [3.8, 4) is 0 Å². The highest BCUT2D eigenvalue weighted by Gasteiger charge is 2.21. The molecule has 0 radical (unpaired) electrons. The summed E-state index contributed by atoms with van der Waals surface area (Å²) in [7, 11) is 0. The smallest absolute Gasteiger partial charge is 0.465 e. The second-order valence-corrected chi connectivity index (χ2v) is 20.1. The van der Waals surface area contributed by atoms with E-state index in [0.717, 1.165) is 110 Å². The van der Waals surface area contributed by atoms with Gasteiger partial charge in [0.05, 0.1) is 13.2 Å². The quantitative estimate of drug-likeness (QED) is 0.0327. The molecule has 0 aromatic heterocycles. The molecular formula is C58H112N2O10. The Labute approximate surface area is 430 Å². The largest absolute Gasteiger partial charge is 0.508 e. The van der Waals surface area contributed by atoms with Crippen molar-refractivity contribution in [2.45, 2.75) is 273 Å². The third-order valence-corrected chi connectivity index (χ3v) is 13.8. The lowest BCUT2D eigenvalue weighted by molar-refractivity contribution is -0.146. The molecule has 2 atom stereocenters. The summed E-state index contributed by atoms with van der Waals surface area (Å²) in [5.41, 5.74) is 0. The summed E-state index contributed by atoms with van der Waals surface area (Å²) >= 11 is 0. The molecule has 0 bridgehead atoms. The maximum absolute atomic E-state index is 13.1. The Morgan fingerprint density at radius 2 is 0.657 bits per heavy atom. The lowest BCUT2D eigenvalue weighted by Crippen LogP contribution is -2.39. The molecule has 0 amide bonds. The van der Waals surface area contributed by atoms with Crippen LogP contribution in [-0.4, -0.2) is 112 Å². The zero-order valence-corrected chi connectivity index (χ0v) is 47.0. The maximum Gasteiger partial charge on any atom is 0.508 e. The van der Waals surface area contributed by atoms with Gasteiger partial charge in [0.1, 0.15) is 25.4 Å². The van der Waals surface area contributed by atoms with Gasteiger partial charge in [-0.25, -0.2) is 9.59 Å². The van der Waals surface area contributed by atoms with Crippen molar-refractivity contribution in [1.82, 2.24) is 9.80 Å². The van der Waals surface area contributed by atoms with E-state index < -0.39 is 12.3 Å². The van der Waals surface area contributed by atoms with Gasteiger partial charge in [-0.05, 0) is 102 Å². The van der Waals surface area contributed by atoms with Crippen LogP contribution in [0.4, 0.5) is 9.59 Å². The SMILES string of the molecule is CCCCCCC(CCCC(=O)OCC(CCCCC)CCCCC)OC(=O)OCCN(CCOC(=O)OC(CCCCCC)CCCC(=O)OCC(CCCCC)CCCCC)CCN(CC)CC. The second kappa shape index (κ2) is 50.0. The van der Waals surface area contributed by atoms with Gasteiger partial charge in [-0.3, -0.25) is 14.5 Å². The van der Waals surface area contributed by atoms with Crippen LogP contribution in [0.25, 0.3) is 0 Å². The van der Waals surface area contributed by atoms with E-state index in [9.17, 15) is 19.2 Å². The number of carbonyl (C=O) groups is 4. The minimum Gasteiger partial charge on any atom is -0.465 e. The first-order chi connectivity index (χ1) is 34.1. The van der Waals surface area contributed by atoms with Crippen molar-refractivity contribution >= 4 is 24.2 Å². The Balaban J connectivity index is 5.26. The fourth-order valence-corrected chi connectivity index (χ4v) is 9.00. The molecule has 0 aliphatic rings. The first-order valence-electron chi connectivity index (χ1n) is 29.5. The van der Waals surface area contributed by atoms with E-state index in [1.165, 1.54) is 77.0 Å². The number of rotatable bonds is 51. The van der Waals surface area contributed by atoms with E-state index in [1.807, 2.05) is 0 Å². The van der Waals surface area contributed by atoms with E-state index in [2.05, 4.69) is 65.2 Å². The normalized spacial score (nSPS) is 12.5. The summed E-state index contributed by atoms with van der Waals surface area (Å²) in [5.74, 6) is 0.512. The van der Waals surface area contributed by atoms with E-state index in [4.69, 9.17) is 28.4 Å². The Kier molecular flexibility index (Phi) is 48.1. The van der Waals surface area contributed by atoms with Crippen molar-refractivity contribution in [3.63, 3.8) is 0 Å². The minimum atomic E-state index is -0.694. The maximum atomic E-state index is 13.1. The van der Waals surface area contributed by atoms with Crippen LogP contribution in [0.3, 0.4) is 0 Å². The van der Waals surface area contributed by atoms with Gasteiger partial charge in [0.2, 0.25) is 0 Å². The van der Waals surface area contributed by atoms with Gasteiger partial charge in [-0.1, -0.05) is 171 Å². The fourth-order valence-electron chi connectivity index (χ4n) is 9.00. The topological polar surface area (TPSA) is 130 Å². The summed E-state index contributed by atoms with van der Waals surface area (Å²) in [5, 5.41) is 0. The number of hydrogen-bond acceptors (Lipinski definition) is 12. The van der Waals surface area contributed by atoms with Crippen LogP contribution in [0.15, 0.2) is 0 Å². The van der Waals surface area contributed by atoms with Crippen molar-refractivity contribution in [3.05, 3.63) is 0 Å². The van der Waals surface area contributed by atoms with Crippen molar-refractivity contribution in [1.29, 1.82) is 0 Å². The molecule has 0 saturated carbocycles. The standard InChI is InChI=1S/C58H112N2O10/c1-9-17-23-29-37-53(39-31-41-55(61)67-49-51(33-25-19-11-3)34-26-20-12-4)69-57(63)65-47-45-60(44-43-59(15-7)16-8)46-48-66-58(64)70-54(38-30-24-18-10-2)40-32-42-56(62)68-50-52(35-27-21-13-5)36-28-22-14-6/h51-54H,9-50H2,1-8H3. The molecule has 0 aromatic carbocycles. The number of likely N-dealkylation sites (N-methyl/N-ethyl adjacent to an activating group) is 1. The highest BCUT2D eigenvalue weighted by Crippen LogP contribution is 2.22. The van der Waals surface area contributed by atoms with Crippen LogP contribution in [0.5, 0.6) is 0 Å². The Morgan fingerprint density at radius 1 is 0.343 bits per heavy atom. The van der Waals surface area contributed by atoms with Crippen LogP contribution in [-0.2, 0) is 38.0 Å². The van der Waals surface area contributed by atoms with Gasteiger partial charge in [0.15, 0.2) is 0 Å². The van der Waals surface area contributed by atoms with E-state index in [1.54, 1.807) is 0 Å². The lowest BCUT2D eigenvalue weighted by Gasteiger charge is -2.26. The van der Waals surface area contributed by atoms with Crippen molar-refractivity contribution in [2.24, 2.45) is 11.8 Å². The first-order valence-corrected chi connectivity index (χ1v) is 29.5. The van der Waals surface area contributed by atoms with Crippen LogP contribution in [0.1, 0.15) is 261 Å². The first kappa shape index (κ1) is 67.4. The molecule has 0 aliphatic heterocycles. The highest BCUT2D eigenvalue weighted by atomic mass is 16.7. The summed E-state index contributed by atoms with van der Waals surface area (Å²) in [6.45, 7) is 23.0. The Hall–Kier alpha value is -2.60. The highest BCUT2D eigenvalue weighted by molar-refractivity contribution is 5.69. The molecule has 12 nitrogen and oxygen atoms in total. The number of esters is 2. The summed E-state index contributed by atoms with van der Waals surface area (Å²) in [6.07, 6.45) is 29.7. The molecule has 0 saturated heterocycles. The molecule has 12 heteroatoms. The van der Waals surface area contributed by atoms with Crippen LogP contribution in [0.2, 0.25) is 0 Å². The van der Waals surface area contributed by atoms with Crippen LogP contribution < -0.4 is 0 Å². The van der Waals surface area contributed by atoms with E-state index in [-0.39, 0.29) is 37.4 Å². The summed E-state index contributed by atoms with van der Waals surface area (Å²) in [6, 6.07) is 0. The second-order valence-electron chi connectivity index (χ2n) is 20.1. The monoisotopic (exact) mass is 997 g/mol. The molecular weight excluding hydrogens is 885 g/mol. The fraction of sp³-hybridized carbons (Fsp3) is 0.931. The molecule has 0 heterocycles. The molecule has 0 rings (SSSR count). The average Bonchev–Trinajstić information content (AvgIpc) is 3.34.